The molecule has 20 heavy (non-hydrogen) atoms. The van der Waals surface area contributed by atoms with Crippen LogP contribution in [0, 0.1) is 5.82 Å². The van der Waals surface area contributed by atoms with Crippen LogP contribution in [0.25, 0.3) is 0 Å². The summed E-state index contributed by atoms with van der Waals surface area (Å²) in [7, 11) is 0. The molecular formula is C12H13FN6O. The predicted molar refractivity (Wildman–Crippen MR) is 70.0 cm³/mol. The SMILES string of the molecule is NC(=NO)c1ccc(N2CCn3cnnc3C2)c(F)c1. The predicted octanol–water partition coefficient (Wildman–Crippen LogP) is 0.532. The van der Waals surface area contributed by atoms with E-state index in [0.717, 1.165) is 5.82 Å². The van der Waals surface area contributed by atoms with Crippen LogP contribution < -0.4 is 10.6 Å². The molecule has 1 aliphatic rings. The fourth-order valence-corrected chi connectivity index (χ4v) is 2.25. The Morgan fingerprint density at radius 2 is 2.25 bits per heavy atom. The lowest BCUT2D eigenvalue weighted by Crippen LogP contribution is -2.34. The Hall–Kier alpha value is -2.64. The van der Waals surface area contributed by atoms with E-state index in [2.05, 4.69) is 15.4 Å². The van der Waals surface area contributed by atoms with E-state index in [-0.39, 0.29) is 5.84 Å². The number of fused-ring (bicyclic) bond motifs is 1. The van der Waals surface area contributed by atoms with E-state index < -0.39 is 5.82 Å². The van der Waals surface area contributed by atoms with Crippen molar-refractivity contribution in [2.75, 3.05) is 11.4 Å². The summed E-state index contributed by atoms with van der Waals surface area (Å²) in [4.78, 5) is 1.88. The number of amidine groups is 1. The van der Waals surface area contributed by atoms with Gasteiger partial charge in [-0.2, -0.15) is 0 Å². The standard InChI is InChI=1S/C12H13FN6O/c13-9-5-8(12(14)17-20)1-2-10(9)18-3-4-19-7-15-16-11(19)6-18/h1-2,5,7,20H,3-4,6H2,(H2,14,17). The van der Waals surface area contributed by atoms with Gasteiger partial charge in [-0.1, -0.05) is 5.16 Å². The second kappa shape index (κ2) is 4.80. The molecule has 7 nitrogen and oxygen atoms in total. The Morgan fingerprint density at radius 3 is 3.00 bits per heavy atom. The Balaban J connectivity index is 1.89. The van der Waals surface area contributed by atoms with Crippen molar-refractivity contribution in [3.05, 3.63) is 41.7 Å². The van der Waals surface area contributed by atoms with Gasteiger partial charge in [0.2, 0.25) is 0 Å². The first kappa shape index (κ1) is 12.4. The van der Waals surface area contributed by atoms with E-state index in [4.69, 9.17) is 10.9 Å². The second-order valence-corrected chi connectivity index (χ2v) is 4.51. The molecule has 0 fully saturated rings. The van der Waals surface area contributed by atoms with Crippen LogP contribution in [-0.4, -0.2) is 32.4 Å². The van der Waals surface area contributed by atoms with Crippen molar-refractivity contribution >= 4 is 11.5 Å². The molecule has 1 aliphatic heterocycles. The zero-order chi connectivity index (χ0) is 14.1. The average molecular weight is 276 g/mol. The van der Waals surface area contributed by atoms with Gasteiger partial charge in [-0.15, -0.1) is 10.2 Å². The minimum Gasteiger partial charge on any atom is -0.409 e. The van der Waals surface area contributed by atoms with E-state index in [1.807, 2.05) is 9.47 Å². The summed E-state index contributed by atoms with van der Waals surface area (Å²) in [5, 5.41) is 19.3. The zero-order valence-electron chi connectivity index (χ0n) is 10.6. The minimum atomic E-state index is -0.415. The summed E-state index contributed by atoms with van der Waals surface area (Å²) < 4.78 is 16.1. The van der Waals surface area contributed by atoms with Crippen molar-refractivity contribution in [2.45, 2.75) is 13.1 Å². The van der Waals surface area contributed by atoms with E-state index in [0.29, 0.717) is 30.9 Å². The molecule has 0 amide bonds. The fourth-order valence-electron chi connectivity index (χ4n) is 2.25. The highest BCUT2D eigenvalue weighted by atomic mass is 19.1. The highest BCUT2D eigenvalue weighted by Crippen LogP contribution is 2.24. The first-order chi connectivity index (χ1) is 9.69. The molecule has 0 unspecified atom stereocenters. The van der Waals surface area contributed by atoms with Crippen molar-refractivity contribution in [2.24, 2.45) is 10.9 Å². The number of hydrogen-bond donors (Lipinski definition) is 2. The molecule has 104 valence electrons. The van der Waals surface area contributed by atoms with E-state index >= 15 is 0 Å². The lowest BCUT2D eigenvalue weighted by atomic mass is 10.1. The van der Waals surface area contributed by atoms with Crippen LogP contribution in [-0.2, 0) is 13.1 Å². The van der Waals surface area contributed by atoms with Gasteiger partial charge in [0.15, 0.2) is 11.7 Å². The Kier molecular flexibility index (Phi) is 2.97. The van der Waals surface area contributed by atoms with Gasteiger partial charge < -0.3 is 20.4 Å². The van der Waals surface area contributed by atoms with Crippen molar-refractivity contribution < 1.29 is 9.60 Å². The van der Waals surface area contributed by atoms with Gasteiger partial charge in [-0.3, -0.25) is 0 Å². The fraction of sp³-hybridized carbons (Fsp3) is 0.250. The number of rotatable bonds is 2. The van der Waals surface area contributed by atoms with Gasteiger partial charge in [0.1, 0.15) is 12.1 Å². The maximum atomic E-state index is 14.2. The molecule has 0 bridgehead atoms. The number of hydrogen-bond acceptors (Lipinski definition) is 5. The molecule has 2 heterocycles. The molecule has 2 aromatic rings. The minimum absolute atomic E-state index is 0.117. The Bertz CT molecular complexity index is 668. The number of oxime groups is 1. The number of halogens is 1. The molecule has 0 radical (unpaired) electrons. The van der Waals surface area contributed by atoms with Crippen LogP contribution in [0.15, 0.2) is 29.7 Å². The maximum absolute atomic E-state index is 14.2. The summed E-state index contributed by atoms with van der Waals surface area (Å²) >= 11 is 0. The molecule has 0 atom stereocenters. The number of nitrogens with two attached hydrogens (primary N) is 1. The third kappa shape index (κ3) is 2.04. The molecule has 3 N–H and O–H groups in total. The van der Waals surface area contributed by atoms with Gasteiger partial charge in [-0.05, 0) is 18.2 Å². The quantitative estimate of drug-likeness (QED) is 0.361. The zero-order valence-corrected chi connectivity index (χ0v) is 10.6. The Morgan fingerprint density at radius 1 is 1.40 bits per heavy atom. The molecule has 1 aromatic carbocycles. The molecule has 0 aliphatic carbocycles. The normalized spacial score (nSPS) is 15.2. The third-order valence-electron chi connectivity index (χ3n) is 3.33. The molecule has 1 aromatic heterocycles. The Labute approximate surface area is 114 Å². The molecule has 0 saturated carbocycles. The van der Waals surface area contributed by atoms with E-state index in [9.17, 15) is 4.39 Å². The number of anilines is 1. The average Bonchev–Trinajstić information content (AvgIpc) is 2.93. The molecular weight excluding hydrogens is 263 g/mol. The highest BCUT2D eigenvalue weighted by molar-refractivity contribution is 5.97. The largest absolute Gasteiger partial charge is 0.409 e. The van der Waals surface area contributed by atoms with Gasteiger partial charge in [-0.25, -0.2) is 4.39 Å². The monoisotopic (exact) mass is 276 g/mol. The van der Waals surface area contributed by atoms with Crippen molar-refractivity contribution in [1.82, 2.24) is 14.8 Å². The number of benzene rings is 1. The van der Waals surface area contributed by atoms with E-state index in [1.54, 1.807) is 18.5 Å². The summed E-state index contributed by atoms with van der Waals surface area (Å²) in [6.07, 6.45) is 1.67. The second-order valence-electron chi connectivity index (χ2n) is 4.51. The van der Waals surface area contributed by atoms with Gasteiger partial charge >= 0.3 is 0 Å². The topological polar surface area (TPSA) is 92.6 Å². The number of nitrogens with zero attached hydrogens (tertiary/aromatic N) is 5. The molecule has 3 rings (SSSR count). The highest BCUT2D eigenvalue weighted by Gasteiger charge is 2.20. The number of aromatic nitrogens is 3. The van der Waals surface area contributed by atoms with E-state index in [1.165, 1.54) is 6.07 Å². The van der Waals surface area contributed by atoms with Crippen LogP contribution in [0.5, 0.6) is 0 Å². The lowest BCUT2D eigenvalue weighted by molar-refractivity contribution is 0.318. The lowest BCUT2D eigenvalue weighted by Gasteiger charge is -2.29. The maximum Gasteiger partial charge on any atom is 0.170 e. The molecule has 0 spiro atoms. The van der Waals surface area contributed by atoms with Gasteiger partial charge in [0.05, 0.1) is 12.2 Å². The van der Waals surface area contributed by atoms with Crippen molar-refractivity contribution in [3.63, 3.8) is 0 Å². The first-order valence-electron chi connectivity index (χ1n) is 6.08. The summed E-state index contributed by atoms with van der Waals surface area (Å²) in [6.45, 7) is 1.88. The first-order valence-corrected chi connectivity index (χ1v) is 6.08. The van der Waals surface area contributed by atoms with Crippen LogP contribution in [0.3, 0.4) is 0 Å². The molecule has 8 heteroatoms. The van der Waals surface area contributed by atoms with Gasteiger partial charge in [0.25, 0.3) is 0 Å². The van der Waals surface area contributed by atoms with Crippen LogP contribution in [0.2, 0.25) is 0 Å². The van der Waals surface area contributed by atoms with Crippen molar-refractivity contribution in [3.8, 4) is 0 Å². The smallest absolute Gasteiger partial charge is 0.170 e. The molecule has 0 saturated heterocycles. The summed E-state index contributed by atoms with van der Waals surface area (Å²) in [6, 6.07) is 4.49. The third-order valence-corrected chi connectivity index (χ3v) is 3.33. The van der Waals surface area contributed by atoms with Crippen molar-refractivity contribution in [1.29, 1.82) is 0 Å². The van der Waals surface area contributed by atoms with Crippen LogP contribution in [0.4, 0.5) is 10.1 Å². The van der Waals surface area contributed by atoms with Gasteiger partial charge in [0, 0.05) is 18.7 Å². The summed E-state index contributed by atoms with van der Waals surface area (Å²) in [5.74, 6) is 0.270. The van der Waals surface area contributed by atoms with Crippen LogP contribution >= 0.6 is 0 Å². The van der Waals surface area contributed by atoms with Crippen LogP contribution in [0.1, 0.15) is 11.4 Å². The summed E-state index contributed by atoms with van der Waals surface area (Å²) in [5.41, 5.74) is 6.25.